The highest BCUT2D eigenvalue weighted by Gasteiger charge is 2.29. The molecule has 4 nitrogen and oxygen atoms in total. The van der Waals surface area contributed by atoms with Gasteiger partial charge in [0.2, 0.25) is 0 Å². The van der Waals surface area contributed by atoms with E-state index in [2.05, 4.69) is 0 Å². The third kappa shape index (κ3) is 3.97. The summed E-state index contributed by atoms with van der Waals surface area (Å²) >= 11 is 1.36. The fourth-order valence-electron chi connectivity index (χ4n) is 1.28. The average Bonchev–Trinajstić information content (AvgIpc) is 2.47. The van der Waals surface area contributed by atoms with Gasteiger partial charge in [0.25, 0.3) is 0 Å². The molecule has 76 valence electrons. The Morgan fingerprint density at radius 1 is 1.54 bits per heavy atom. The highest BCUT2D eigenvalue weighted by molar-refractivity contribution is 8.13. The summed E-state index contributed by atoms with van der Waals surface area (Å²) in [5.74, 6) is 0.467. The number of nitrogens with two attached hydrogens (primary N) is 1. The first-order chi connectivity index (χ1) is 6.12. The average molecular weight is 204 g/mol. The molecule has 0 aliphatic carbocycles. The van der Waals surface area contributed by atoms with Crippen LogP contribution < -0.4 is 5.73 Å². The van der Waals surface area contributed by atoms with E-state index >= 15 is 0 Å². The van der Waals surface area contributed by atoms with E-state index in [0.29, 0.717) is 13.2 Å². The molecule has 0 saturated carbocycles. The summed E-state index contributed by atoms with van der Waals surface area (Å²) in [4.78, 5) is 0. The molecule has 0 spiro atoms. The molecule has 5 heteroatoms. The molecule has 0 unspecified atom stereocenters. The largest absolute Gasteiger partial charge is 0.379 e. The Bertz CT molecular complexity index is 181. The van der Waals surface area contributed by atoms with E-state index in [1.54, 1.807) is 0 Å². The summed E-state index contributed by atoms with van der Waals surface area (Å²) in [5, 5.41) is 7.19. The lowest BCUT2D eigenvalue weighted by Gasteiger charge is -2.21. The maximum atomic E-state index is 7.01. The Balaban J connectivity index is 2.07. The highest BCUT2D eigenvalue weighted by Crippen LogP contribution is 2.24. The minimum atomic E-state index is -0.392. The fourth-order valence-corrected chi connectivity index (χ4v) is 1.79. The molecule has 1 fully saturated rings. The standard InChI is InChI=1S/C8H16N2O2S/c1-8(11-4-5-12-8)3-2-6-13-7(9)10/h2-6H2,1H3,(H3,9,10). The first-order valence-corrected chi connectivity index (χ1v) is 5.36. The predicted octanol–water partition coefficient (Wildman–Crippen LogP) is 1.16. The molecular formula is C8H16N2O2S. The van der Waals surface area contributed by atoms with Gasteiger partial charge in [0.1, 0.15) is 0 Å². The zero-order valence-corrected chi connectivity index (χ0v) is 8.65. The van der Waals surface area contributed by atoms with Crippen molar-refractivity contribution in [2.75, 3.05) is 19.0 Å². The maximum absolute atomic E-state index is 7.01. The molecule has 0 aromatic heterocycles. The van der Waals surface area contributed by atoms with Crippen molar-refractivity contribution < 1.29 is 9.47 Å². The van der Waals surface area contributed by atoms with Gasteiger partial charge in [0.15, 0.2) is 11.0 Å². The van der Waals surface area contributed by atoms with E-state index < -0.39 is 5.79 Å². The van der Waals surface area contributed by atoms with Crippen LogP contribution in [0.25, 0.3) is 0 Å². The monoisotopic (exact) mass is 204 g/mol. The highest BCUT2D eigenvalue weighted by atomic mass is 32.2. The van der Waals surface area contributed by atoms with Crippen molar-refractivity contribution in [2.45, 2.75) is 25.6 Å². The van der Waals surface area contributed by atoms with Crippen molar-refractivity contribution in [2.24, 2.45) is 5.73 Å². The van der Waals surface area contributed by atoms with Crippen molar-refractivity contribution >= 4 is 16.9 Å². The summed E-state index contributed by atoms with van der Waals surface area (Å²) in [5.41, 5.74) is 5.20. The number of nitrogens with one attached hydrogen (secondary N) is 1. The molecule has 0 bridgehead atoms. The van der Waals surface area contributed by atoms with E-state index in [-0.39, 0.29) is 5.17 Å². The molecule has 13 heavy (non-hydrogen) atoms. The Morgan fingerprint density at radius 3 is 2.69 bits per heavy atom. The first kappa shape index (κ1) is 10.8. The summed E-state index contributed by atoms with van der Waals surface area (Å²) in [7, 11) is 0. The zero-order valence-electron chi connectivity index (χ0n) is 7.84. The van der Waals surface area contributed by atoms with Gasteiger partial charge >= 0.3 is 0 Å². The van der Waals surface area contributed by atoms with Gasteiger partial charge in [0.05, 0.1) is 13.2 Å². The maximum Gasteiger partial charge on any atom is 0.165 e. The predicted molar refractivity (Wildman–Crippen MR) is 53.9 cm³/mol. The number of hydrogen-bond donors (Lipinski definition) is 2. The Kier molecular flexibility index (Phi) is 4.02. The quantitative estimate of drug-likeness (QED) is 0.409. The topological polar surface area (TPSA) is 68.3 Å². The van der Waals surface area contributed by atoms with E-state index in [1.807, 2.05) is 6.92 Å². The molecule has 1 aliphatic rings. The summed E-state index contributed by atoms with van der Waals surface area (Å²) in [6.07, 6.45) is 1.83. The lowest BCUT2D eigenvalue weighted by molar-refractivity contribution is -0.146. The van der Waals surface area contributed by atoms with Crippen LogP contribution in [0.5, 0.6) is 0 Å². The second-order valence-electron chi connectivity index (χ2n) is 3.15. The second-order valence-corrected chi connectivity index (χ2v) is 4.28. The summed E-state index contributed by atoms with van der Waals surface area (Å²) in [6, 6.07) is 0. The molecule has 0 amide bonds. The zero-order chi connectivity index (χ0) is 9.73. The van der Waals surface area contributed by atoms with Crippen LogP contribution in [-0.4, -0.2) is 29.9 Å². The van der Waals surface area contributed by atoms with Crippen molar-refractivity contribution in [1.82, 2.24) is 0 Å². The third-order valence-corrected chi connectivity index (χ3v) is 2.73. The summed E-state index contributed by atoms with van der Waals surface area (Å²) < 4.78 is 10.9. The van der Waals surface area contributed by atoms with Crippen LogP contribution in [0, 0.1) is 5.41 Å². The van der Waals surface area contributed by atoms with Crippen molar-refractivity contribution in [3.05, 3.63) is 0 Å². The second kappa shape index (κ2) is 4.83. The van der Waals surface area contributed by atoms with Gasteiger partial charge < -0.3 is 15.2 Å². The molecule has 0 aromatic carbocycles. The van der Waals surface area contributed by atoms with Gasteiger partial charge in [-0.05, 0) is 13.3 Å². The number of hydrogen-bond acceptors (Lipinski definition) is 4. The molecule has 1 saturated heterocycles. The van der Waals surface area contributed by atoms with E-state index in [9.17, 15) is 0 Å². The smallest absolute Gasteiger partial charge is 0.165 e. The molecule has 0 atom stereocenters. The molecule has 1 heterocycles. The van der Waals surface area contributed by atoms with Gasteiger partial charge in [-0.1, -0.05) is 11.8 Å². The van der Waals surface area contributed by atoms with Crippen molar-refractivity contribution in [3.8, 4) is 0 Å². The number of rotatable bonds is 4. The fraction of sp³-hybridized carbons (Fsp3) is 0.875. The van der Waals surface area contributed by atoms with Crippen LogP contribution in [0.4, 0.5) is 0 Å². The minimum absolute atomic E-state index is 0.179. The number of thioether (sulfide) groups is 1. The lowest BCUT2D eigenvalue weighted by atomic mass is 10.2. The van der Waals surface area contributed by atoms with Crippen LogP contribution in [0.2, 0.25) is 0 Å². The SMILES string of the molecule is CC1(CCCSC(=N)N)OCCO1. The van der Waals surface area contributed by atoms with Crippen LogP contribution in [0.1, 0.15) is 19.8 Å². The van der Waals surface area contributed by atoms with Crippen LogP contribution in [0.3, 0.4) is 0 Å². The molecule has 0 aromatic rings. The van der Waals surface area contributed by atoms with Crippen molar-refractivity contribution in [1.29, 1.82) is 5.41 Å². The Labute approximate surface area is 82.7 Å². The van der Waals surface area contributed by atoms with E-state index in [4.69, 9.17) is 20.6 Å². The molecule has 3 N–H and O–H groups in total. The number of ether oxygens (including phenoxy) is 2. The molecule has 0 radical (unpaired) electrons. The molecule has 1 aliphatic heterocycles. The van der Waals surface area contributed by atoms with Crippen LogP contribution in [-0.2, 0) is 9.47 Å². The Morgan fingerprint density at radius 2 is 2.15 bits per heavy atom. The third-order valence-electron chi connectivity index (χ3n) is 1.93. The molecular weight excluding hydrogens is 188 g/mol. The lowest BCUT2D eigenvalue weighted by Crippen LogP contribution is -2.25. The van der Waals surface area contributed by atoms with E-state index in [1.165, 1.54) is 11.8 Å². The summed E-state index contributed by atoms with van der Waals surface area (Å²) in [6.45, 7) is 3.34. The Hall–Kier alpha value is -0.260. The van der Waals surface area contributed by atoms with Gasteiger partial charge in [0, 0.05) is 12.2 Å². The van der Waals surface area contributed by atoms with Gasteiger partial charge in [-0.25, -0.2) is 0 Å². The molecule has 1 rings (SSSR count). The first-order valence-electron chi connectivity index (χ1n) is 4.37. The van der Waals surface area contributed by atoms with E-state index in [0.717, 1.165) is 18.6 Å². The number of amidine groups is 1. The van der Waals surface area contributed by atoms with Crippen LogP contribution >= 0.6 is 11.8 Å². The van der Waals surface area contributed by atoms with Gasteiger partial charge in [-0.15, -0.1) is 0 Å². The normalized spacial score (nSPS) is 20.4. The van der Waals surface area contributed by atoms with Gasteiger partial charge in [-0.2, -0.15) is 0 Å². The van der Waals surface area contributed by atoms with Crippen molar-refractivity contribution in [3.63, 3.8) is 0 Å². The minimum Gasteiger partial charge on any atom is -0.379 e. The van der Waals surface area contributed by atoms with Crippen LogP contribution in [0.15, 0.2) is 0 Å². The van der Waals surface area contributed by atoms with Gasteiger partial charge in [-0.3, -0.25) is 5.41 Å².